The smallest absolute Gasteiger partial charge is 0.270 e. The average molecular weight is 439 g/mol. The monoisotopic (exact) mass is 438 g/mol. The molecule has 0 amide bonds. The highest BCUT2D eigenvalue weighted by atomic mass is 32.2. The van der Waals surface area contributed by atoms with Gasteiger partial charge in [-0.05, 0) is 30.6 Å². The second-order valence-electron chi connectivity index (χ2n) is 8.07. The molecule has 1 aromatic carbocycles. The molecule has 0 radical (unpaired) electrons. The van der Waals surface area contributed by atoms with E-state index >= 15 is 0 Å². The van der Waals surface area contributed by atoms with Crippen LogP contribution in [-0.4, -0.2) is 45.7 Å². The van der Waals surface area contributed by atoms with Crippen LogP contribution in [0.15, 0.2) is 41.8 Å². The van der Waals surface area contributed by atoms with Crippen molar-refractivity contribution < 1.29 is 17.8 Å². The zero-order valence-electron chi connectivity index (χ0n) is 17.8. The molecular formula is C20H30N2O5SSi. The summed E-state index contributed by atoms with van der Waals surface area (Å²) < 4.78 is 33.1. The molecule has 0 aliphatic carbocycles. The van der Waals surface area contributed by atoms with Crippen molar-refractivity contribution in [3.63, 3.8) is 0 Å². The third-order valence-corrected chi connectivity index (χ3v) is 11.3. The maximum atomic E-state index is 12.9. The summed E-state index contributed by atoms with van der Waals surface area (Å²) >= 11 is 0. The first kappa shape index (κ1) is 25.0. The summed E-state index contributed by atoms with van der Waals surface area (Å²) in [6, 6.07) is 5.02. The lowest BCUT2D eigenvalue weighted by atomic mass is 10.2. The summed E-state index contributed by atoms with van der Waals surface area (Å²) in [5.74, 6) is 5.75. The van der Waals surface area contributed by atoms with Crippen molar-refractivity contribution in [2.45, 2.75) is 50.2 Å². The van der Waals surface area contributed by atoms with Crippen LogP contribution in [0.1, 0.15) is 27.2 Å². The normalized spacial score (nSPS) is 12.3. The van der Waals surface area contributed by atoms with Gasteiger partial charge in [-0.1, -0.05) is 44.8 Å². The van der Waals surface area contributed by atoms with Crippen molar-refractivity contribution in [2.24, 2.45) is 0 Å². The van der Waals surface area contributed by atoms with Gasteiger partial charge in [-0.25, -0.2) is 8.42 Å². The molecule has 0 heterocycles. The van der Waals surface area contributed by atoms with Crippen LogP contribution in [0.25, 0.3) is 0 Å². The maximum absolute atomic E-state index is 12.9. The van der Waals surface area contributed by atoms with Crippen molar-refractivity contribution in [2.75, 3.05) is 19.7 Å². The van der Waals surface area contributed by atoms with Crippen LogP contribution < -0.4 is 0 Å². The first-order chi connectivity index (χ1) is 13.3. The highest BCUT2D eigenvalue weighted by molar-refractivity contribution is 7.89. The predicted octanol–water partition coefficient (Wildman–Crippen LogP) is 4.19. The van der Waals surface area contributed by atoms with E-state index in [0.717, 1.165) is 6.07 Å². The van der Waals surface area contributed by atoms with Gasteiger partial charge in [0.25, 0.3) is 5.69 Å². The van der Waals surface area contributed by atoms with E-state index in [1.807, 2.05) is 0 Å². The maximum Gasteiger partial charge on any atom is 0.270 e. The van der Waals surface area contributed by atoms with Crippen LogP contribution in [0.3, 0.4) is 0 Å². The van der Waals surface area contributed by atoms with E-state index < -0.39 is 23.3 Å². The topological polar surface area (TPSA) is 89.8 Å². The van der Waals surface area contributed by atoms with Crippen molar-refractivity contribution >= 4 is 24.0 Å². The van der Waals surface area contributed by atoms with Crippen LogP contribution in [0.5, 0.6) is 0 Å². The molecule has 0 aromatic heterocycles. The van der Waals surface area contributed by atoms with Gasteiger partial charge < -0.3 is 4.43 Å². The van der Waals surface area contributed by atoms with Gasteiger partial charge in [-0.15, -0.1) is 6.58 Å². The van der Waals surface area contributed by atoms with Crippen LogP contribution in [0, 0.1) is 22.0 Å². The molecule has 0 aliphatic rings. The minimum atomic E-state index is -3.92. The number of nitro groups is 1. The Balaban J connectivity index is 2.97. The van der Waals surface area contributed by atoms with Gasteiger partial charge in [0, 0.05) is 18.7 Å². The van der Waals surface area contributed by atoms with Crippen molar-refractivity contribution in [3.05, 3.63) is 47.0 Å². The Morgan fingerprint density at radius 3 is 2.52 bits per heavy atom. The molecule has 0 N–H and O–H groups in total. The van der Waals surface area contributed by atoms with Crippen molar-refractivity contribution in [1.82, 2.24) is 4.31 Å². The van der Waals surface area contributed by atoms with Gasteiger partial charge in [0.15, 0.2) is 8.32 Å². The Morgan fingerprint density at radius 1 is 1.31 bits per heavy atom. The summed E-state index contributed by atoms with van der Waals surface area (Å²) in [4.78, 5) is 10.2. The average Bonchev–Trinajstić information content (AvgIpc) is 2.62. The number of hydrogen-bond donors (Lipinski definition) is 0. The molecule has 0 aliphatic heterocycles. The fourth-order valence-electron chi connectivity index (χ4n) is 2.05. The van der Waals surface area contributed by atoms with E-state index in [1.165, 1.54) is 22.5 Å². The van der Waals surface area contributed by atoms with Crippen LogP contribution in [0.2, 0.25) is 18.1 Å². The van der Waals surface area contributed by atoms with E-state index in [4.69, 9.17) is 4.43 Å². The van der Waals surface area contributed by atoms with E-state index in [9.17, 15) is 18.5 Å². The second kappa shape index (κ2) is 10.2. The highest BCUT2D eigenvalue weighted by Crippen LogP contribution is 2.36. The molecule has 160 valence electrons. The summed E-state index contributed by atoms with van der Waals surface area (Å²) in [5.41, 5.74) is -0.274. The Hall–Kier alpha value is -1.99. The number of nitrogens with zero attached hydrogens (tertiary/aromatic N) is 2. The van der Waals surface area contributed by atoms with Gasteiger partial charge in [0.2, 0.25) is 10.0 Å². The van der Waals surface area contributed by atoms with E-state index in [2.05, 4.69) is 52.3 Å². The molecule has 0 fully saturated rings. The zero-order chi connectivity index (χ0) is 22.3. The lowest BCUT2D eigenvalue weighted by molar-refractivity contribution is -0.385. The Bertz CT molecular complexity index is 895. The molecule has 1 rings (SSSR count). The summed E-state index contributed by atoms with van der Waals surface area (Å²) in [5, 5.41) is 11.0. The molecule has 0 saturated carbocycles. The number of nitro benzene ring substituents is 1. The molecule has 29 heavy (non-hydrogen) atoms. The van der Waals surface area contributed by atoms with Gasteiger partial charge in [0.1, 0.15) is 0 Å². The fraction of sp³-hybridized carbons (Fsp3) is 0.500. The lowest BCUT2D eigenvalue weighted by Gasteiger charge is -2.35. The quantitative estimate of drug-likeness (QED) is 0.190. The molecular weight excluding hydrogens is 408 g/mol. The number of sulfonamides is 1. The number of benzene rings is 1. The van der Waals surface area contributed by atoms with E-state index in [1.54, 1.807) is 6.08 Å². The standard InChI is InChI=1S/C20H30N2O5SSi/c1-7-8-14-21(15-9-10-16-27-29(5,6)20(2,3)4)28(25,26)19-13-11-12-18(17-19)22(23)24/h7,11-13,17H,1,8,14-16H2,2-6H3. The van der Waals surface area contributed by atoms with Crippen LogP contribution in [0.4, 0.5) is 5.69 Å². The van der Waals surface area contributed by atoms with Gasteiger partial charge in [-0.3, -0.25) is 10.1 Å². The fourth-order valence-corrected chi connectivity index (χ4v) is 4.32. The Kier molecular flexibility index (Phi) is 8.77. The summed E-state index contributed by atoms with van der Waals surface area (Å²) in [6.45, 7) is 14.7. The van der Waals surface area contributed by atoms with Crippen LogP contribution in [-0.2, 0) is 14.4 Å². The van der Waals surface area contributed by atoms with E-state index in [0.29, 0.717) is 6.42 Å². The molecule has 0 saturated heterocycles. The zero-order valence-corrected chi connectivity index (χ0v) is 19.6. The van der Waals surface area contributed by atoms with Gasteiger partial charge in [0.05, 0.1) is 23.0 Å². The first-order valence-electron chi connectivity index (χ1n) is 9.28. The molecule has 0 bridgehead atoms. The number of hydrogen-bond acceptors (Lipinski definition) is 5. The number of non-ortho nitro benzene ring substituents is 1. The largest absolute Gasteiger partial charge is 0.406 e. The highest BCUT2D eigenvalue weighted by Gasteiger charge is 2.36. The summed E-state index contributed by atoms with van der Waals surface area (Å²) in [7, 11) is -5.84. The first-order valence-corrected chi connectivity index (χ1v) is 13.6. The molecule has 0 unspecified atom stereocenters. The van der Waals surface area contributed by atoms with Gasteiger partial charge in [-0.2, -0.15) is 4.31 Å². The second-order valence-corrected chi connectivity index (χ2v) is 14.8. The molecule has 9 heteroatoms. The summed E-state index contributed by atoms with van der Waals surface area (Å²) in [6.07, 6.45) is 2.06. The predicted molar refractivity (Wildman–Crippen MR) is 118 cm³/mol. The van der Waals surface area contributed by atoms with Gasteiger partial charge >= 0.3 is 0 Å². The van der Waals surface area contributed by atoms with Crippen molar-refractivity contribution in [3.8, 4) is 11.8 Å². The number of rotatable bonds is 9. The minimum Gasteiger partial charge on any atom is -0.406 e. The Labute approximate surface area is 175 Å². The SMILES string of the molecule is C=CCCN(CC#CCO[Si](C)(C)C(C)(C)C)S(=O)(=O)c1cccc([N+](=O)[O-])c1. The van der Waals surface area contributed by atoms with Crippen LogP contribution >= 0.6 is 0 Å². The lowest BCUT2D eigenvalue weighted by Crippen LogP contribution is -2.40. The van der Waals surface area contributed by atoms with Crippen molar-refractivity contribution in [1.29, 1.82) is 0 Å². The third kappa shape index (κ3) is 7.08. The molecule has 7 nitrogen and oxygen atoms in total. The molecule has 1 aromatic rings. The molecule has 0 atom stereocenters. The third-order valence-electron chi connectivity index (χ3n) is 4.94. The molecule has 0 spiro atoms. The Morgan fingerprint density at radius 2 is 1.97 bits per heavy atom. The van der Waals surface area contributed by atoms with E-state index in [-0.39, 0.29) is 35.3 Å². The minimum absolute atomic E-state index is 0.0280.